The van der Waals surface area contributed by atoms with Gasteiger partial charge in [-0.25, -0.2) is 0 Å². The van der Waals surface area contributed by atoms with Crippen molar-refractivity contribution in [3.8, 4) is 11.5 Å². The predicted octanol–water partition coefficient (Wildman–Crippen LogP) is 1.95. The Morgan fingerprint density at radius 1 is 1.27 bits per heavy atom. The van der Waals surface area contributed by atoms with Crippen molar-refractivity contribution in [1.82, 2.24) is 10.2 Å². The number of hydrogen-bond donors (Lipinski definition) is 1. The highest BCUT2D eigenvalue weighted by Crippen LogP contribution is 2.19. The van der Waals surface area contributed by atoms with Crippen molar-refractivity contribution in [2.24, 2.45) is 5.92 Å². The zero-order valence-corrected chi connectivity index (χ0v) is 14.0. The smallest absolute Gasteiger partial charge is 0.260 e. The maximum absolute atomic E-state index is 12.1. The van der Waals surface area contributed by atoms with Gasteiger partial charge in [-0.15, -0.1) is 12.4 Å². The van der Waals surface area contributed by atoms with E-state index >= 15 is 0 Å². The normalized spacial score (nSPS) is 17.0. The Morgan fingerprint density at radius 3 is 2.50 bits per heavy atom. The highest BCUT2D eigenvalue weighted by Gasteiger charge is 2.25. The third-order valence-corrected chi connectivity index (χ3v) is 3.63. The van der Waals surface area contributed by atoms with Crippen molar-refractivity contribution in [2.75, 3.05) is 39.9 Å². The van der Waals surface area contributed by atoms with E-state index < -0.39 is 0 Å². The summed E-state index contributed by atoms with van der Waals surface area (Å²) in [4.78, 5) is 14.0. The molecule has 0 saturated carbocycles. The van der Waals surface area contributed by atoms with Gasteiger partial charge in [-0.05, 0) is 57.1 Å². The SMILES string of the molecule is CCOc1ccc(OCC(=O)N2CCC(CNC)C2)cc1.Cl. The van der Waals surface area contributed by atoms with Crippen LogP contribution in [0.3, 0.4) is 0 Å². The van der Waals surface area contributed by atoms with Gasteiger partial charge in [-0.1, -0.05) is 0 Å². The van der Waals surface area contributed by atoms with E-state index in [1.54, 1.807) is 0 Å². The topological polar surface area (TPSA) is 50.8 Å². The van der Waals surface area contributed by atoms with E-state index in [1.165, 1.54) is 0 Å². The van der Waals surface area contributed by atoms with Gasteiger partial charge in [0, 0.05) is 13.1 Å². The molecule has 124 valence electrons. The minimum atomic E-state index is 0. The van der Waals surface area contributed by atoms with E-state index in [1.807, 2.05) is 43.1 Å². The average molecular weight is 329 g/mol. The summed E-state index contributed by atoms with van der Waals surface area (Å²) in [7, 11) is 1.94. The van der Waals surface area contributed by atoms with Gasteiger partial charge < -0.3 is 19.7 Å². The summed E-state index contributed by atoms with van der Waals surface area (Å²) >= 11 is 0. The summed E-state index contributed by atoms with van der Waals surface area (Å²) in [5.74, 6) is 2.12. The number of benzene rings is 1. The number of rotatable bonds is 7. The number of carbonyl (C=O) groups excluding carboxylic acids is 1. The molecular formula is C16H25ClN2O3. The van der Waals surface area contributed by atoms with Gasteiger partial charge in [0.25, 0.3) is 5.91 Å². The minimum absolute atomic E-state index is 0. The second kappa shape index (κ2) is 9.54. The van der Waals surface area contributed by atoms with Gasteiger partial charge in [0.1, 0.15) is 11.5 Å². The van der Waals surface area contributed by atoms with Crippen LogP contribution in [0.5, 0.6) is 11.5 Å². The molecule has 22 heavy (non-hydrogen) atoms. The highest BCUT2D eigenvalue weighted by atomic mass is 35.5. The van der Waals surface area contributed by atoms with Crippen LogP contribution < -0.4 is 14.8 Å². The van der Waals surface area contributed by atoms with Crippen LogP contribution in [0, 0.1) is 5.92 Å². The van der Waals surface area contributed by atoms with E-state index in [0.29, 0.717) is 18.3 Å². The Labute approximate surface area is 138 Å². The fraction of sp³-hybridized carbons (Fsp3) is 0.562. The van der Waals surface area contributed by atoms with Crippen LogP contribution in [-0.2, 0) is 4.79 Å². The molecule has 1 aliphatic heterocycles. The predicted molar refractivity (Wildman–Crippen MR) is 89.0 cm³/mol. The van der Waals surface area contributed by atoms with Crippen molar-refractivity contribution in [3.05, 3.63) is 24.3 Å². The monoisotopic (exact) mass is 328 g/mol. The molecule has 0 aromatic heterocycles. The molecule has 0 spiro atoms. The molecule has 1 fully saturated rings. The Kier molecular flexibility index (Phi) is 8.06. The molecule has 1 aromatic carbocycles. The van der Waals surface area contributed by atoms with Gasteiger partial charge in [-0.3, -0.25) is 4.79 Å². The average Bonchev–Trinajstić information content (AvgIpc) is 2.96. The Hall–Kier alpha value is -1.46. The van der Waals surface area contributed by atoms with Crippen molar-refractivity contribution >= 4 is 18.3 Å². The van der Waals surface area contributed by atoms with E-state index in [9.17, 15) is 4.79 Å². The first kappa shape index (κ1) is 18.6. The van der Waals surface area contributed by atoms with Crippen molar-refractivity contribution < 1.29 is 14.3 Å². The number of nitrogens with zero attached hydrogens (tertiary/aromatic N) is 1. The number of ether oxygens (including phenoxy) is 2. The number of likely N-dealkylation sites (tertiary alicyclic amines) is 1. The lowest BCUT2D eigenvalue weighted by atomic mass is 10.1. The quantitative estimate of drug-likeness (QED) is 0.831. The number of halogens is 1. The van der Waals surface area contributed by atoms with Crippen molar-refractivity contribution in [1.29, 1.82) is 0 Å². The molecule has 1 heterocycles. The van der Waals surface area contributed by atoms with Crippen LogP contribution in [0.25, 0.3) is 0 Å². The summed E-state index contributed by atoms with van der Waals surface area (Å²) in [6.07, 6.45) is 1.07. The van der Waals surface area contributed by atoms with Crippen molar-refractivity contribution in [3.63, 3.8) is 0 Å². The molecule has 6 heteroatoms. The third-order valence-electron chi connectivity index (χ3n) is 3.63. The van der Waals surface area contributed by atoms with E-state index in [-0.39, 0.29) is 24.9 Å². The summed E-state index contributed by atoms with van der Waals surface area (Å²) in [5, 5.41) is 3.16. The molecule has 5 nitrogen and oxygen atoms in total. The summed E-state index contributed by atoms with van der Waals surface area (Å²) in [5.41, 5.74) is 0. The zero-order chi connectivity index (χ0) is 15.1. The molecule has 2 rings (SSSR count). The first-order valence-corrected chi connectivity index (χ1v) is 7.51. The largest absolute Gasteiger partial charge is 0.494 e. The number of carbonyl (C=O) groups is 1. The molecule has 0 bridgehead atoms. The third kappa shape index (κ3) is 5.39. The number of amides is 1. The first-order valence-electron chi connectivity index (χ1n) is 7.51. The highest BCUT2D eigenvalue weighted by molar-refractivity contribution is 5.85. The fourth-order valence-corrected chi connectivity index (χ4v) is 2.55. The lowest BCUT2D eigenvalue weighted by molar-refractivity contribution is -0.132. The van der Waals surface area contributed by atoms with Gasteiger partial charge in [0.15, 0.2) is 6.61 Å². The maximum atomic E-state index is 12.1. The molecule has 1 N–H and O–H groups in total. The number of nitrogens with one attached hydrogen (secondary N) is 1. The fourth-order valence-electron chi connectivity index (χ4n) is 2.55. The molecular weight excluding hydrogens is 304 g/mol. The lowest BCUT2D eigenvalue weighted by Gasteiger charge is -2.17. The van der Waals surface area contributed by atoms with Crippen molar-refractivity contribution in [2.45, 2.75) is 13.3 Å². The standard InChI is InChI=1S/C16H24N2O3.ClH/c1-3-20-14-4-6-15(7-5-14)21-12-16(19)18-9-8-13(11-18)10-17-2;/h4-7,13,17H,3,8-12H2,1-2H3;1H. The minimum Gasteiger partial charge on any atom is -0.494 e. The molecule has 1 atom stereocenters. The summed E-state index contributed by atoms with van der Waals surface area (Å²) in [6.45, 7) is 5.30. The van der Waals surface area contributed by atoms with Crippen LogP contribution in [0.15, 0.2) is 24.3 Å². The van der Waals surface area contributed by atoms with Crippen LogP contribution >= 0.6 is 12.4 Å². The Balaban J connectivity index is 0.00000242. The molecule has 0 aliphatic carbocycles. The van der Waals surface area contributed by atoms with Gasteiger partial charge in [-0.2, -0.15) is 0 Å². The lowest BCUT2D eigenvalue weighted by Crippen LogP contribution is -2.34. The Bertz CT molecular complexity index is 453. The van der Waals surface area contributed by atoms with Gasteiger partial charge in [0.05, 0.1) is 6.61 Å². The van der Waals surface area contributed by atoms with Crippen LogP contribution in [0.4, 0.5) is 0 Å². The first-order chi connectivity index (χ1) is 10.2. The summed E-state index contributed by atoms with van der Waals surface area (Å²) < 4.78 is 10.9. The molecule has 1 amide bonds. The second-order valence-electron chi connectivity index (χ2n) is 5.25. The number of hydrogen-bond acceptors (Lipinski definition) is 4. The van der Waals surface area contributed by atoms with E-state index in [2.05, 4.69) is 5.32 Å². The van der Waals surface area contributed by atoms with Crippen LogP contribution in [0.2, 0.25) is 0 Å². The molecule has 1 aromatic rings. The molecule has 1 unspecified atom stereocenters. The Morgan fingerprint density at radius 2 is 1.91 bits per heavy atom. The van der Waals surface area contributed by atoms with Gasteiger partial charge >= 0.3 is 0 Å². The maximum Gasteiger partial charge on any atom is 0.260 e. The molecule has 1 saturated heterocycles. The zero-order valence-electron chi connectivity index (χ0n) is 13.2. The molecule has 0 radical (unpaired) electrons. The second-order valence-corrected chi connectivity index (χ2v) is 5.25. The van der Waals surface area contributed by atoms with Crippen LogP contribution in [-0.4, -0.2) is 50.7 Å². The molecule has 1 aliphatic rings. The van der Waals surface area contributed by atoms with Crippen LogP contribution in [0.1, 0.15) is 13.3 Å². The summed E-state index contributed by atoms with van der Waals surface area (Å²) in [6, 6.07) is 7.35. The van der Waals surface area contributed by atoms with Gasteiger partial charge in [0.2, 0.25) is 0 Å². The van der Waals surface area contributed by atoms with E-state index in [4.69, 9.17) is 9.47 Å². The van der Waals surface area contributed by atoms with E-state index in [0.717, 1.165) is 31.8 Å².